The second kappa shape index (κ2) is 6.17. The maximum atomic E-state index is 8.35. The van der Waals surface area contributed by atoms with E-state index in [-0.39, 0.29) is 0 Å². The molecule has 0 amide bonds. The number of benzene rings is 1. The van der Waals surface area contributed by atoms with Gasteiger partial charge >= 0.3 is 0 Å². The number of aryl methyl sites for hydroxylation is 1. The van der Waals surface area contributed by atoms with Crippen LogP contribution in [0.25, 0.3) is 0 Å². The Balaban J connectivity index is 2.43. The summed E-state index contributed by atoms with van der Waals surface area (Å²) in [6, 6.07) is 10.6. The number of nitrogens with one attached hydrogen (secondary N) is 1. The summed E-state index contributed by atoms with van der Waals surface area (Å²) in [6.45, 7) is 3.37. The monoisotopic (exact) mass is 188 g/mol. The minimum absolute atomic E-state index is 0.413. The maximum Gasteiger partial charge on any atom is 0.0843 e. The van der Waals surface area contributed by atoms with Gasteiger partial charge in [-0.3, -0.25) is 0 Å². The second-order valence-corrected chi connectivity index (χ2v) is 3.33. The van der Waals surface area contributed by atoms with E-state index >= 15 is 0 Å². The minimum atomic E-state index is 0.413. The fourth-order valence-electron chi connectivity index (χ4n) is 1.38. The lowest BCUT2D eigenvalue weighted by molar-refractivity contribution is 0.765. The summed E-state index contributed by atoms with van der Waals surface area (Å²) < 4.78 is 0. The molecule has 1 N–H and O–H groups in total. The zero-order valence-corrected chi connectivity index (χ0v) is 8.59. The van der Waals surface area contributed by atoms with Crippen LogP contribution in [0.2, 0.25) is 0 Å². The normalized spacial score (nSPS) is 9.71. The van der Waals surface area contributed by atoms with Crippen LogP contribution >= 0.6 is 0 Å². The van der Waals surface area contributed by atoms with Crippen molar-refractivity contribution in [3.8, 4) is 6.07 Å². The average molecular weight is 188 g/mol. The van der Waals surface area contributed by atoms with Crippen LogP contribution < -0.4 is 5.32 Å². The van der Waals surface area contributed by atoms with E-state index in [0.29, 0.717) is 6.54 Å². The molecule has 0 aromatic heterocycles. The van der Waals surface area contributed by atoms with Crippen molar-refractivity contribution in [1.29, 1.82) is 5.26 Å². The first kappa shape index (κ1) is 10.7. The van der Waals surface area contributed by atoms with Gasteiger partial charge in [-0.05, 0) is 17.5 Å². The SMILES string of the molecule is CCCc1ccc(CNCC#N)cc1. The van der Waals surface area contributed by atoms with Gasteiger partial charge in [0, 0.05) is 6.54 Å². The van der Waals surface area contributed by atoms with Gasteiger partial charge in [0.15, 0.2) is 0 Å². The Morgan fingerprint density at radius 2 is 1.86 bits per heavy atom. The number of nitriles is 1. The second-order valence-electron chi connectivity index (χ2n) is 3.33. The van der Waals surface area contributed by atoms with Crippen LogP contribution in [0.15, 0.2) is 24.3 Å². The fourth-order valence-corrected chi connectivity index (χ4v) is 1.38. The minimum Gasteiger partial charge on any atom is -0.300 e. The van der Waals surface area contributed by atoms with Gasteiger partial charge < -0.3 is 5.32 Å². The molecule has 0 aliphatic heterocycles. The van der Waals surface area contributed by atoms with Crippen LogP contribution in [0.4, 0.5) is 0 Å². The van der Waals surface area contributed by atoms with Crippen molar-refractivity contribution in [2.24, 2.45) is 0 Å². The highest BCUT2D eigenvalue weighted by Gasteiger charge is 1.93. The van der Waals surface area contributed by atoms with Crippen LogP contribution in [0, 0.1) is 11.3 Å². The summed E-state index contributed by atoms with van der Waals surface area (Å²) in [4.78, 5) is 0. The lowest BCUT2D eigenvalue weighted by Crippen LogP contribution is -2.12. The molecule has 0 saturated carbocycles. The Hall–Kier alpha value is -1.33. The average Bonchev–Trinajstić information content (AvgIpc) is 2.21. The summed E-state index contributed by atoms with van der Waals surface area (Å²) in [5.41, 5.74) is 2.62. The molecule has 0 radical (unpaired) electrons. The van der Waals surface area contributed by atoms with Gasteiger partial charge in [0.1, 0.15) is 0 Å². The lowest BCUT2D eigenvalue weighted by Gasteiger charge is -2.02. The molecule has 0 spiro atoms. The molecule has 14 heavy (non-hydrogen) atoms. The first-order valence-corrected chi connectivity index (χ1v) is 5.02. The summed E-state index contributed by atoms with van der Waals surface area (Å²) in [7, 11) is 0. The number of rotatable bonds is 5. The number of hydrogen-bond acceptors (Lipinski definition) is 2. The first-order chi connectivity index (χ1) is 6.86. The van der Waals surface area contributed by atoms with Crippen LogP contribution in [-0.2, 0) is 13.0 Å². The van der Waals surface area contributed by atoms with Crippen LogP contribution in [0.3, 0.4) is 0 Å². The third-order valence-electron chi connectivity index (χ3n) is 2.09. The zero-order valence-electron chi connectivity index (χ0n) is 8.59. The molecule has 0 unspecified atom stereocenters. The molecule has 0 bridgehead atoms. The van der Waals surface area contributed by atoms with E-state index in [0.717, 1.165) is 13.0 Å². The van der Waals surface area contributed by atoms with Gasteiger partial charge in [-0.1, -0.05) is 37.6 Å². The van der Waals surface area contributed by atoms with Crippen LogP contribution in [0.1, 0.15) is 24.5 Å². The maximum absolute atomic E-state index is 8.35. The largest absolute Gasteiger partial charge is 0.300 e. The van der Waals surface area contributed by atoms with E-state index in [2.05, 4.69) is 42.6 Å². The van der Waals surface area contributed by atoms with E-state index in [1.807, 2.05) is 0 Å². The molecule has 1 aromatic carbocycles. The molecule has 0 saturated heterocycles. The summed E-state index contributed by atoms with van der Waals surface area (Å²) >= 11 is 0. The molecule has 0 fully saturated rings. The zero-order chi connectivity index (χ0) is 10.2. The van der Waals surface area contributed by atoms with Crippen molar-refractivity contribution in [2.45, 2.75) is 26.3 Å². The van der Waals surface area contributed by atoms with Crippen molar-refractivity contribution in [1.82, 2.24) is 5.32 Å². The van der Waals surface area contributed by atoms with Crippen LogP contribution in [-0.4, -0.2) is 6.54 Å². The van der Waals surface area contributed by atoms with Crippen molar-refractivity contribution in [3.05, 3.63) is 35.4 Å². The molecule has 1 aromatic rings. The summed E-state index contributed by atoms with van der Waals surface area (Å²) in [5, 5.41) is 11.4. The Labute approximate surface area is 85.6 Å². The van der Waals surface area contributed by atoms with Gasteiger partial charge in [-0.2, -0.15) is 5.26 Å². The van der Waals surface area contributed by atoms with Crippen molar-refractivity contribution in [3.63, 3.8) is 0 Å². The van der Waals surface area contributed by atoms with Crippen molar-refractivity contribution >= 4 is 0 Å². The Morgan fingerprint density at radius 1 is 1.21 bits per heavy atom. The fraction of sp³-hybridized carbons (Fsp3) is 0.417. The predicted molar refractivity (Wildman–Crippen MR) is 57.8 cm³/mol. The third-order valence-corrected chi connectivity index (χ3v) is 2.09. The highest BCUT2D eigenvalue weighted by molar-refractivity contribution is 5.22. The Kier molecular flexibility index (Phi) is 4.74. The van der Waals surface area contributed by atoms with Gasteiger partial charge in [0.2, 0.25) is 0 Å². The molecule has 1 rings (SSSR count). The molecular weight excluding hydrogens is 172 g/mol. The van der Waals surface area contributed by atoms with Crippen LogP contribution in [0.5, 0.6) is 0 Å². The highest BCUT2D eigenvalue weighted by atomic mass is 14.8. The lowest BCUT2D eigenvalue weighted by atomic mass is 10.1. The topological polar surface area (TPSA) is 35.8 Å². The highest BCUT2D eigenvalue weighted by Crippen LogP contribution is 2.06. The number of hydrogen-bond donors (Lipinski definition) is 1. The first-order valence-electron chi connectivity index (χ1n) is 5.02. The van der Waals surface area contributed by atoms with E-state index in [1.165, 1.54) is 17.5 Å². The molecule has 0 heterocycles. The van der Waals surface area contributed by atoms with Gasteiger partial charge in [-0.25, -0.2) is 0 Å². The molecule has 0 aliphatic carbocycles. The van der Waals surface area contributed by atoms with Gasteiger partial charge in [0.05, 0.1) is 12.6 Å². The van der Waals surface area contributed by atoms with Crippen molar-refractivity contribution < 1.29 is 0 Å². The third kappa shape index (κ3) is 3.59. The molecular formula is C12H16N2. The van der Waals surface area contributed by atoms with Gasteiger partial charge in [0.25, 0.3) is 0 Å². The quantitative estimate of drug-likeness (QED) is 0.568. The van der Waals surface area contributed by atoms with E-state index in [4.69, 9.17) is 5.26 Å². The summed E-state index contributed by atoms with van der Waals surface area (Å²) in [6.07, 6.45) is 2.33. The molecule has 0 aliphatic rings. The number of nitrogens with zero attached hydrogens (tertiary/aromatic N) is 1. The molecule has 2 nitrogen and oxygen atoms in total. The Morgan fingerprint density at radius 3 is 2.43 bits per heavy atom. The van der Waals surface area contributed by atoms with E-state index in [9.17, 15) is 0 Å². The molecule has 0 atom stereocenters. The van der Waals surface area contributed by atoms with Crippen molar-refractivity contribution in [2.75, 3.05) is 6.54 Å². The summed E-state index contributed by atoms with van der Waals surface area (Å²) in [5.74, 6) is 0. The Bertz CT molecular complexity index is 295. The molecule has 2 heteroatoms. The standard InChI is InChI=1S/C12H16N2/c1-2-3-11-4-6-12(7-5-11)10-14-9-8-13/h4-7,14H,2-3,9-10H2,1H3. The van der Waals surface area contributed by atoms with E-state index < -0.39 is 0 Å². The predicted octanol–water partition coefficient (Wildman–Crippen LogP) is 2.25. The van der Waals surface area contributed by atoms with Gasteiger partial charge in [-0.15, -0.1) is 0 Å². The smallest absolute Gasteiger partial charge is 0.0843 e. The van der Waals surface area contributed by atoms with E-state index in [1.54, 1.807) is 0 Å². The molecule has 74 valence electrons.